The van der Waals surface area contributed by atoms with Gasteiger partial charge in [-0.2, -0.15) is 0 Å². The van der Waals surface area contributed by atoms with Crippen LogP contribution in [0.2, 0.25) is 0 Å². The molecular weight excluding hydrogens is 362 g/mol. The van der Waals surface area contributed by atoms with Crippen molar-refractivity contribution in [3.05, 3.63) is 114 Å². The van der Waals surface area contributed by atoms with Crippen LogP contribution >= 0.6 is 0 Å². The van der Waals surface area contributed by atoms with Gasteiger partial charge in [0.05, 0.1) is 11.0 Å². The smallest absolute Gasteiger partial charge is 0.0541 e. The van der Waals surface area contributed by atoms with Crippen LogP contribution in [0.5, 0.6) is 0 Å². The van der Waals surface area contributed by atoms with E-state index in [1.54, 1.807) is 0 Å². The minimum Gasteiger partial charge on any atom is -0.309 e. The van der Waals surface area contributed by atoms with Gasteiger partial charge in [-0.1, -0.05) is 78.9 Å². The number of hydrogen-bond acceptors (Lipinski definition) is 0. The van der Waals surface area contributed by atoms with E-state index in [4.69, 9.17) is 0 Å². The first-order chi connectivity index (χ1) is 14.9. The van der Waals surface area contributed by atoms with Crippen LogP contribution in [0.25, 0.3) is 49.4 Å². The molecule has 0 unspecified atom stereocenters. The molecular formula is C29H19N. The van der Waals surface area contributed by atoms with Gasteiger partial charge in [0.2, 0.25) is 0 Å². The van der Waals surface area contributed by atoms with E-state index in [0.717, 1.165) is 6.42 Å². The van der Waals surface area contributed by atoms with Gasteiger partial charge in [0, 0.05) is 16.5 Å². The highest BCUT2D eigenvalue weighted by Crippen LogP contribution is 2.41. The molecule has 1 heterocycles. The highest BCUT2D eigenvalue weighted by molar-refractivity contribution is 6.09. The summed E-state index contributed by atoms with van der Waals surface area (Å²) in [5, 5.41) is 5.35. The first-order valence-electron chi connectivity index (χ1n) is 10.5. The van der Waals surface area contributed by atoms with E-state index < -0.39 is 0 Å². The summed E-state index contributed by atoms with van der Waals surface area (Å²) in [4.78, 5) is 0. The Hall–Kier alpha value is -3.84. The Labute approximate surface area is 174 Å². The summed E-state index contributed by atoms with van der Waals surface area (Å²) in [5.41, 5.74) is 9.29. The van der Waals surface area contributed by atoms with Crippen LogP contribution in [0.15, 0.2) is 103 Å². The van der Waals surface area contributed by atoms with Gasteiger partial charge in [-0.15, -0.1) is 0 Å². The Bertz CT molecular complexity index is 1560. The molecule has 1 aliphatic carbocycles. The van der Waals surface area contributed by atoms with Crippen LogP contribution in [0.3, 0.4) is 0 Å². The average Bonchev–Trinajstić information content (AvgIpc) is 3.14. The Balaban J connectivity index is 1.56. The summed E-state index contributed by atoms with van der Waals surface area (Å²) in [7, 11) is 0. The van der Waals surface area contributed by atoms with Crippen molar-refractivity contribution in [3.8, 4) is 16.8 Å². The second-order valence-electron chi connectivity index (χ2n) is 8.21. The monoisotopic (exact) mass is 381 g/mol. The van der Waals surface area contributed by atoms with Crippen molar-refractivity contribution in [1.29, 1.82) is 0 Å². The Kier molecular flexibility index (Phi) is 3.12. The lowest BCUT2D eigenvalue weighted by Crippen LogP contribution is -2.03. The van der Waals surface area contributed by atoms with Crippen molar-refractivity contribution in [2.24, 2.45) is 0 Å². The quantitative estimate of drug-likeness (QED) is 0.277. The molecule has 5 aromatic carbocycles. The molecule has 6 aromatic rings. The zero-order chi connectivity index (χ0) is 19.7. The predicted molar refractivity (Wildman–Crippen MR) is 127 cm³/mol. The maximum atomic E-state index is 2.41. The summed E-state index contributed by atoms with van der Waals surface area (Å²) in [6.45, 7) is 0. The lowest BCUT2D eigenvalue weighted by atomic mass is 9.83. The molecule has 1 aliphatic rings. The van der Waals surface area contributed by atoms with E-state index in [1.807, 2.05) is 0 Å². The summed E-state index contributed by atoms with van der Waals surface area (Å²) in [6.07, 6.45) is 0.997. The zero-order valence-corrected chi connectivity index (χ0v) is 16.5. The van der Waals surface area contributed by atoms with Gasteiger partial charge in [0.25, 0.3) is 0 Å². The van der Waals surface area contributed by atoms with E-state index in [0.29, 0.717) is 0 Å². The summed E-state index contributed by atoms with van der Waals surface area (Å²) in [5.74, 6) is 0. The van der Waals surface area contributed by atoms with Crippen molar-refractivity contribution in [2.75, 3.05) is 0 Å². The van der Waals surface area contributed by atoms with Gasteiger partial charge in [0.15, 0.2) is 0 Å². The fraction of sp³-hybridized carbons (Fsp3) is 0.0345. The minimum absolute atomic E-state index is 0.997. The number of nitrogens with zero attached hydrogens (tertiary/aromatic N) is 1. The molecule has 7 rings (SSSR count). The molecule has 0 saturated heterocycles. The third-order valence-corrected chi connectivity index (χ3v) is 6.59. The van der Waals surface area contributed by atoms with Gasteiger partial charge >= 0.3 is 0 Å². The van der Waals surface area contributed by atoms with Crippen LogP contribution in [-0.4, -0.2) is 4.57 Å². The molecule has 1 aromatic heterocycles. The van der Waals surface area contributed by atoms with Gasteiger partial charge in [-0.3, -0.25) is 0 Å². The maximum absolute atomic E-state index is 2.41. The highest BCUT2D eigenvalue weighted by Gasteiger charge is 2.19. The Morgan fingerprint density at radius 1 is 0.533 bits per heavy atom. The molecule has 0 N–H and O–H groups in total. The Morgan fingerprint density at radius 3 is 2.00 bits per heavy atom. The lowest BCUT2D eigenvalue weighted by molar-refractivity contribution is 1.15. The molecule has 1 nitrogen and oxygen atoms in total. The molecule has 30 heavy (non-hydrogen) atoms. The molecule has 1 heteroatoms. The number of rotatable bonds is 1. The van der Waals surface area contributed by atoms with Crippen molar-refractivity contribution >= 4 is 32.6 Å². The summed E-state index contributed by atoms with van der Waals surface area (Å²) < 4.78 is 2.41. The number of aromatic nitrogens is 1. The van der Waals surface area contributed by atoms with Gasteiger partial charge in [-0.25, -0.2) is 0 Å². The largest absolute Gasteiger partial charge is 0.309 e. The van der Waals surface area contributed by atoms with Crippen LogP contribution in [0, 0.1) is 0 Å². The van der Waals surface area contributed by atoms with Gasteiger partial charge < -0.3 is 4.57 Å². The molecule has 140 valence electrons. The van der Waals surface area contributed by atoms with Crippen molar-refractivity contribution in [1.82, 2.24) is 4.57 Å². The fourth-order valence-electron chi connectivity index (χ4n) is 5.30. The SMILES string of the molecule is c1cc2c3c(cccc3c1)-c1cc(-n3c4ccccc4c4ccccc43)ccc1C2. The van der Waals surface area contributed by atoms with Gasteiger partial charge in [-0.05, 0) is 63.7 Å². The molecule has 0 amide bonds. The molecule has 0 spiro atoms. The normalized spacial score (nSPS) is 12.5. The van der Waals surface area contributed by atoms with Crippen LogP contribution < -0.4 is 0 Å². The van der Waals surface area contributed by atoms with Crippen LogP contribution in [0.1, 0.15) is 11.1 Å². The first kappa shape index (κ1) is 16.0. The van der Waals surface area contributed by atoms with Crippen molar-refractivity contribution in [3.63, 3.8) is 0 Å². The standard InChI is InChI=1S/C29H19N/c1-3-13-27-23(10-1)24-11-2-4-14-28(24)30(27)22-16-15-20-17-21-9-5-7-19-8-6-12-25(29(19)21)26(20)18-22/h1-16,18H,17H2. The van der Waals surface area contributed by atoms with E-state index >= 15 is 0 Å². The van der Waals surface area contributed by atoms with Gasteiger partial charge in [0.1, 0.15) is 0 Å². The predicted octanol–water partition coefficient (Wildman–Crippen LogP) is 7.51. The Morgan fingerprint density at radius 2 is 1.23 bits per heavy atom. The van der Waals surface area contributed by atoms with Crippen molar-refractivity contribution in [2.45, 2.75) is 6.42 Å². The number of hydrogen-bond donors (Lipinski definition) is 0. The number of benzene rings is 5. The lowest BCUT2D eigenvalue weighted by Gasteiger charge is -2.22. The molecule has 0 fully saturated rings. The van der Waals surface area contributed by atoms with Crippen LogP contribution in [0.4, 0.5) is 0 Å². The highest BCUT2D eigenvalue weighted by atomic mass is 15.0. The molecule has 0 saturated carbocycles. The molecule has 0 aliphatic heterocycles. The van der Waals surface area contributed by atoms with E-state index in [2.05, 4.69) is 108 Å². The zero-order valence-electron chi connectivity index (χ0n) is 16.5. The molecule has 0 bridgehead atoms. The van der Waals surface area contributed by atoms with Crippen molar-refractivity contribution < 1.29 is 0 Å². The number of para-hydroxylation sites is 2. The van der Waals surface area contributed by atoms with E-state index in [1.165, 1.54) is 60.5 Å². The van der Waals surface area contributed by atoms with E-state index in [-0.39, 0.29) is 0 Å². The number of fused-ring (bicyclic) bond motifs is 5. The average molecular weight is 381 g/mol. The summed E-state index contributed by atoms with van der Waals surface area (Å²) in [6, 6.07) is 37.8. The van der Waals surface area contributed by atoms with E-state index in [9.17, 15) is 0 Å². The molecule has 0 radical (unpaired) electrons. The second-order valence-corrected chi connectivity index (χ2v) is 8.21. The fourth-order valence-corrected chi connectivity index (χ4v) is 5.30. The third kappa shape index (κ3) is 2.07. The summed E-state index contributed by atoms with van der Waals surface area (Å²) >= 11 is 0. The first-order valence-corrected chi connectivity index (χ1v) is 10.5. The minimum atomic E-state index is 0.997. The maximum Gasteiger partial charge on any atom is 0.0541 e. The topological polar surface area (TPSA) is 4.93 Å². The van der Waals surface area contributed by atoms with Crippen LogP contribution in [-0.2, 0) is 6.42 Å². The molecule has 0 atom stereocenters. The third-order valence-electron chi connectivity index (χ3n) is 6.59. The second kappa shape index (κ2) is 5.84.